The van der Waals surface area contributed by atoms with Crippen LogP contribution < -0.4 is 28.5 Å². The molecule has 8 nitrogen and oxygen atoms in total. The topological polar surface area (TPSA) is 155 Å². The lowest BCUT2D eigenvalue weighted by atomic mass is 10.2. The van der Waals surface area contributed by atoms with Crippen molar-refractivity contribution in [3.05, 3.63) is 0 Å². The fourth-order valence-corrected chi connectivity index (χ4v) is 0.942. The molecule has 0 saturated heterocycles. The lowest BCUT2D eigenvalue weighted by Gasteiger charge is -1.94. The summed E-state index contributed by atoms with van der Waals surface area (Å²) >= 11 is 0. The van der Waals surface area contributed by atoms with Gasteiger partial charge in [0.05, 0.1) is 6.42 Å². The minimum absolute atomic E-state index is 0.660. The molecule has 18 heavy (non-hydrogen) atoms. The minimum atomic E-state index is 0.660. The average molecular weight is 257 g/mol. The molecular weight excluding hydrogens is 232 g/mol. The third kappa shape index (κ3) is 12.0. The Morgan fingerprint density at radius 3 is 1.39 bits per heavy atom. The second-order valence-corrected chi connectivity index (χ2v) is 3.87. The van der Waals surface area contributed by atoms with Gasteiger partial charge in [-0.05, 0) is 20.8 Å². The van der Waals surface area contributed by atoms with Gasteiger partial charge < -0.3 is 17.5 Å². The largest absolute Gasteiger partial charge is 0.323 e. The number of nitrogens with one attached hydrogen (secondary N) is 1. The van der Waals surface area contributed by atoms with E-state index in [-0.39, 0.29) is 0 Å². The summed E-state index contributed by atoms with van der Waals surface area (Å²) in [4.78, 5) is 0. The number of hydrogen-bond donors (Lipinski definition) is 5. The summed E-state index contributed by atoms with van der Waals surface area (Å²) in [6, 6.07) is 0. The van der Waals surface area contributed by atoms with Crippen LogP contribution in [0.2, 0.25) is 0 Å². The molecule has 104 valence electrons. The Morgan fingerprint density at radius 1 is 0.778 bits per heavy atom. The van der Waals surface area contributed by atoms with E-state index in [0.29, 0.717) is 12.8 Å². The van der Waals surface area contributed by atoms with Gasteiger partial charge in [0.2, 0.25) is 0 Å². The van der Waals surface area contributed by atoms with Crippen molar-refractivity contribution >= 4 is 22.8 Å². The highest BCUT2D eigenvalue weighted by atomic mass is 15.1. The van der Waals surface area contributed by atoms with E-state index in [1.54, 1.807) is 0 Å². The molecule has 0 rings (SSSR count). The minimum Gasteiger partial charge on any atom is -0.323 e. The second-order valence-electron chi connectivity index (χ2n) is 3.87. The van der Waals surface area contributed by atoms with Crippen LogP contribution in [0.5, 0.6) is 0 Å². The molecule has 0 aliphatic carbocycles. The summed E-state index contributed by atoms with van der Waals surface area (Å²) in [5.74, 6) is 20.0. The highest BCUT2D eigenvalue weighted by Crippen LogP contribution is 1.86. The first-order valence-corrected chi connectivity index (χ1v) is 5.40. The Bertz CT molecular complexity index is 274. The monoisotopic (exact) mass is 257 g/mol. The molecule has 0 radical (unpaired) electrons. The lowest BCUT2D eigenvalue weighted by Crippen LogP contribution is -2.80. The van der Waals surface area contributed by atoms with Crippen LogP contribution in [-0.4, -0.2) is 22.8 Å². The first kappa shape index (κ1) is 18.3. The van der Waals surface area contributed by atoms with Crippen LogP contribution in [0.4, 0.5) is 0 Å². The van der Waals surface area contributed by atoms with Crippen molar-refractivity contribution in [1.29, 1.82) is 0 Å². The molecule has 0 amide bonds. The zero-order valence-corrected chi connectivity index (χ0v) is 11.6. The molecule has 0 aliphatic heterocycles. The molecule has 0 unspecified atom stereocenters. The molecule has 0 aromatic rings. The van der Waals surface area contributed by atoms with E-state index in [4.69, 9.17) is 23.4 Å². The van der Waals surface area contributed by atoms with E-state index in [1.807, 2.05) is 27.7 Å². The van der Waals surface area contributed by atoms with Gasteiger partial charge in [0, 0.05) is 30.5 Å². The maximum Gasteiger partial charge on any atom is 0.182 e. The molecular formula is C10H25N8+. The molecule has 0 atom stereocenters. The maximum absolute atomic E-state index is 5.09. The third-order valence-corrected chi connectivity index (χ3v) is 1.94. The molecule has 0 spiro atoms. The van der Waals surface area contributed by atoms with Gasteiger partial charge >= 0.3 is 0 Å². The summed E-state index contributed by atoms with van der Waals surface area (Å²) in [7, 11) is 0. The number of hydrazone groups is 4. The van der Waals surface area contributed by atoms with E-state index in [1.165, 1.54) is 0 Å². The SMILES string of the molecule is C/C(C/C(C)=N/N)=N/N.CC(C/C(C)=N/N)=[NH+]N. The van der Waals surface area contributed by atoms with Crippen LogP contribution in [-0.2, 0) is 0 Å². The van der Waals surface area contributed by atoms with Gasteiger partial charge in [-0.15, -0.1) is 5.10 Å². The molecule has 9 N–H and O–H groups in total. The molecule has 0 saturated carbocycles. The maximum atomic E-state index is 5.09. The second kappa shape index (κ2) is 11.4. The molecule has 0 aliphatic rings. The summed E-state index contributed by atoms with van der Waals surface area (Å²) in [6.07, 6.45) is 1.38. The smallest absolute Gasteiger partial charge is 0.182 e. The summed E-state index contributed by atoms with van der Waals surface area (Å²) in [6.45, 7) is 7.39. The summed E-state index contributed by atoms with van der Waals surface area (Å²) < 4.78 is 0. The lowest BCUT2D eigenvalue weighted by molar-refractivity contribution is -0.470. The zero-order valence-electron chi connectivity index (χ0n) is 11.6. The van der Waals surface area contributed by atoms with E-state index < -0.39 is 0 Å². The van der Waals surface area contributed by atoms with Crippen molar-refractivity contribution in [2.75, 3.05) is 0 Å². The van der Waals surface area contributed by atoms with Crippen LogP contribution in [0, 0.1) is 0 Å². The van der Waals surface area contributed by atoms with E-state index in [9.17, 15) is 0 Å². The summed E-state index contributed by atoms with van der Waals surface area (Å²) in [5, 5.41) is 12.9. The average Bonchev–Trinajstić information content (AvgIpc) is 2.38. The molecule has 0 bridgehead atoms. The van der Waals surface area contributed by atoms with Gasteiger partial charge in [-0.25, -0.2) is 5.84 Å². The highest BCUT2D eigenvalue weighted by Gasteiger charge is 1.98. The molecule has 0 heterocycles. The van der Waals surface area contributed by atoms with E-state index in [0.717, 1.165) is 22.8 Å². The Balaban J connectivity index is 0. The number of hydrazine groups is 1. The number of nitrogens with zero attached hydrogens (tertiary/aromatic N) is 3. The highest BCUT2D eigenvalue weighted by molar-refractivity contribution is 6.02. The van der Waals surface area contributed by atoms with Gasteiger partial charge in [-0.2, -0.15) is 15.3 Å². The number of hydrogen-bond acceptors (Lipinski definition) is 7. The Kier molecular flexibility index (Phi) is 11.5. The van der Waals surface area contributed by atoms with Gasteiger partial charge in [0.25, 0.3) is 0 Å². The zero-order chi connectivity index (χ0) is 14.6. The van der Waals surface area contributed by atoms with Crippen molar-refractivity contribution in [2.45, 2.75) is 40.5 Å². The standard InChI is InChI=1S/2C5H12N4/c2*1-4(8-6)3-5(2)9-7/h2*3,6-7H2,1-2H3/p+1/b8-4+,9-5?;8-4-,9-5+. The molecule has 8 heteroatoms. The first-order valence-electron chi connectivity index (χ1n) is 5.40. The van der Waals surface area contributed by atoms with Gasteiger partial charge in [0.15, 0.2) is 5.71 Å². The van der Waals surface area contributed by atoms with Gasteiger partial charge in [-0.3, -0.25) is 0 Å². The number of rotatable bonds is 4. The van der Waals surface area contributed by atoms with Crippen molar-refractivity contribution < 1.29 is 5.10 Å². The van der Waals surface area contributed by atoms with Gasteiger partial charge in [-0.1, -0.05) is 0 Å². The normalized spacial score (nSPS) is 14.0. The van der Waals surface area contributed by atoms with E-state index in [2.05, 4.69) is 20.4 Å². The third-order valence-electron chi connectivity index (χ3n) is 1.94. The quantitative estimate of drug-likeness (QED) is 0.228. The summed E-state index contributed by atoms with van der Waals surface area (Å²) in [5.41, 5.74) is 3.50. The predicted molar refractivity (Wildman–Crippen MR) is 77.0 cm³/mol. The predicted octanol–water partition coefficient (Wildman–Crippen LogP) is -1.83. The van der Waals surface area contributed by atoms with Crippen LogP contribution >= 0.6 is 0 Å². The number of nitrogens with two attached hydrogens (primary N) is 4. The Labute approximate surface area is 108 Å². The van der Waals surface area contributed by atoms with Crippen LogP contribution in [0.15, 0.2) is 15.3 Å². The molecule has 0 aromatic carbocycles. The fourth-order valence-electron chi connectivity index (χ4n) is 0.942. The van der Waals surface area contributed by atoms with Crippen molar-refractivity contribution in [3.8, 4) is 0 Å². The Morgan fingerprint density at radius 2 is 1.11 bits per heavy atom. The van der Waals surface area contributed by atoms with Gasteiger partial charge in [0.1, 0.15) is 0 Å². The van der Waals surface area contributed by atoms with Crippen molar-refractivity contribution in [3.63, 3.8) is 0 Å². The van der Waals surface area contributed by atoms with Crippen LogP contribution in [0.3, 0.4) is 0 Å². The van der Waals surface area contributed by atoms with Crippen molar-refractivity contribution in [1.82, 2.24) is 0 Å². The van der Waals surface area contributed by atoms with Crippen LogP contribution in [0.1, 0.15) is 40.5 Å². The van der Waals surface area contributed by atoms with Crippen LogP contribution in [0.25, 0.3) is 0 Å². The fraction of sp³-hybridized carbons (Fsp3) is 0.600. The first-order chi connectivity index (χ1) is 8.40. The molecule has 0 aromatic heterocycles. The Hall–Kier alpha value is -2.12. The molecule has 0 fully saturated rings. The van der Waals surface area contributed by atoms with E-state index >= 15 is 0 Å². The van der Waals surface area contributed by atoms with Crippen molar-refractivity contribution in [2.24, 2.45) is 38.7 Å².